The average molecular weight is 392 g/mol. The van der Waals surface area contributed by atoms with Crippen LogP contribution in [0.4, 0.5) is 5.69 Å². The van der Waals surface area contributed by atoms with Gasteiger partial charge in [-0.2, -0.15) is 0 Å². The Hall–Kier alpha value is -2.70. The molecule has 0 aliphatic carbocycles. The Bertz CT molecular complexity index is 1010. The van der Waals surface area contributed by atoms with E-state index in [0.29, 0.717) is 5.75 Å². The van der Waals surface area contributed by atoms with E-state index in [1.54, 1.807) is 23.7 Å². The fourth-order valence-corrected chi connectivity index (χ4v) is 4.55. The molecule has 2 aromatic carbocycles. The number of rotatable bonds is 6. The van der Waals surface area contributed by atoms with Crippen LogP contribution in [0.15, 0.2) is 77.4 Å². The molecule has 0 atom stereocenters. The molecule has 2 aromatic heterocycles. The summed E-state index contributed by atoms with van der Waals surface area (Å²) in [5, 5.41) is 2.94. The van der Waals surface area contributed by atoms with Gasteiger partial charge in [-0.3, -0.25) is 9.78 Å². The lowest BCUT2D eigenvalue weighted by Gasteiger charge is -2.06. The smallest absolute Gasteiger partial charge is 0.234 e. The number of amides is 1. The summed E-state index contributed by atoms with van der Waals surface area (Å²) in [7, 11) is 0. The number of anilines is 1. The number of nitrogens with one attached hydrogen (secondary N) is 1. The quantitative estimate of drug-likeness (QED) is 0.469. The number of carbonyl (C=O) groups excluding carboxylic acids is 1. The summed E-state index contributed by atoms with van der Waals surface area (Å²) in [6.07, 6.45) is 4.45. The van der Waals surface area contributed by atoms with Crippen molar-refractivity contribution in [1.82, 2.24) is 9.97 Å². The van der Waals surface area contributed by atoms with Crippen LogP contribution in [0.5, 0.6) is 0 Å². The van der Waals surface area contributed by atoms with Crippen LogP contribution in [0.3, 0.4) is 0 Å². The molecule has 0 aliphatic heterocycles. The van der Waals surface area contributed by atoms with Gasteiger partial charge >= 0.3 is 0 Å². The Kier molecular flexibility index (Phi) is 5.46. The number of benzene rings is 2. The van der Waals surface area contributed by atoms with Crippen LogP contribution < -0.4 is 5.32 Å². The van der Waals surface area contributed by atoms with E-state index in [-0.39, 0.29) is 5.91 Å². The molecule has 0 bridgehead atoms. The Balaban J connectivity index is 1.31. The van der Waals surface area contributed by atoms with E-state index in [1.165, 1.54) is 22.9 Å². The Morgan fingerprint density at radius 2 is 1.70 bits per heavy atom. The number of nitrogens with zero attached hydrogens (tertiary/aromatic N) is 2. The molecule has 0 radical (unpaired) electrons. The highest BCUT2D eigenvalue weighted by Gasteiger charge is 2.08. The zero-order valence-electron chi connectivity index (χ0n) is 14.5. The lowest BCUT2D eigenvalue weighted by molar-refractivity contribution is -0.113. The normalized spacial score (nSPS) is 10.8. The fourth-order valence-electron chi connectivity index (χ4n) is 2.68. The van der Waals surface area contributed by atoms with Gasteiger partial charge < -0.3 is 5.32 Å². The maximum Gasteiger partial charge on any atom is 0.234 e. The SMILES string of the molecule is O=C(CSc1nc2ccccc2s1)Nc1ccc(Cc2ccncc2)cc1. The Morgan fingerprint density at radius 3 is 2.48 bits per heavy atom. The number of para-hydroxylation sites is 1. The molecule has 0 spiro atoms. The van der Waals surface area contributed by atoms with Crippen molar-refractivity contribution >= 4 is 44.9 Å². The third-order valence-corrected chi connectivity index (χ3v) is 6.18. The molecule has 0 saturated heterocycles. The van der Waals surface area contributed by atoms with Gasteiger partial charge in [-0.1, -0.05) is 36.0 Å². The van der Waals surface area contributed by atoms with Gasteiger partial charge in [0.15, 0.2) is 4.34 Å². The molecular formula is C21H17N3OS2. The topological polar surface area (TPSA) is 54.9 Å². The lowest BCUT2D eigenvalue weighted by Crippen LogP contribution is -2.13. The fraction of sp³-hybridized carbons (Fsp3) is 0.0952. The van der Waals surface area contributed by atoms with Crippen LogP contribution in [0.25, 0.3) is 10.2 Å². The van der Waals surface area contributed by atoms with Gasteiger partial charge in [0, 0.05) is 18.1 Å². The molecule has 0 saturated carbocycles. The molecule has 134 valence electrons. The van der Waals surface area contributed by atoms with E-state index in [2.05, 4.69) is 15.3 Å². The minimum absolute atomic E-state index is 0.0267. The molecule has 4 aromatic rings. The van der Waals surface area contributed by atoms with E-state index >= 15 is 0 Å². The minimum Gasteiger partial charge on any atom is -0.325 e. The molecular weight excluding hydrogens is 374 g/mol. The second-order valence-corrected chi connectivity index (χ2v) is 8.27. The summed E-state index contributed by atoms with van der Waals surface area (Å²) in [6, 6.07) is 20.0. The molecule has 0 fully saturated rings. The first-order chi connectivity index (χ1) is 13.3. The van der Waals surface area contributed by atoms with Gasteiger partial charge in [-0.05, 0) is 53.9 Å². The van der Waals surface area contributed by atoms with Gasteiger partial charge in [0.1, 0.15) is 0 Å². The third kappa shape index (κ3) is 4.72. The second kappa shape index (κ2) is 8.33. The maximum absolute atomic E-state index is 12.2. The summed E-state index contributed by atoms with van der Waals surface area (Å²) < 4.78 is 2.06. The predicted molar refractivity (Wildman–Crippen MR) is 112 cm³/mol. The van der Waals surface area contributed by atoms with E-state index in [4.69, 9.17) is 0 Å². The highest BCUT2D eigenvalue weighted by Crippen LogP contribution is 2.29. The number of pyridine rings is 1. The van der Waals surface area contributed by atoms with Gasteiger partial charge in [0.05, 0.1) is 16.0 Å². The molecule has 27 heavy (non-hydrogen) atoms. The van der Waals surface area contributed by atoms with Crippen molar-refractivity contribution in [2.24, 2.45) is 0 Å². The van der Waals surface area contributed by atoms with Crippen LogP contribution in [0, 0.1) is 0 Å². The van der Waals surface area contributed by atoms with Gasteiger partial charge in [-0.15, -0.1) is 11.3 Å². The first kappa shape index (κ1) is 17.7. The lowest BCUT2D eigenvalue weighted by atomic mass is 10.1. The van der Waals surface area contributed by atoms with Crippen LogP contribution >= 0.6 is 23.1 Å². The average Bonchev–Trinajstić information content (AvgIpc) is 3.12. The number of thiazole rings is 1. The monoisotopic (exact) mass is 391 g/mol. The largest absolute Gasteiger partial charge is 0.325 e. The van der Waals surface area contributed by atoms with E-state index in [1.807, 2.05) is 60.7 Å². The van der Waals surface area contributed by atoms with Crippen molar-refractivity contribution in [3.63, 3.8) is 0 Å². The summed E-state index contributed by atoms with van der Waals surface area (Å²) in [5.74, 6) is 0.319. The second-order valence-electron chi connectivity index (χ2n) is 6.01. The van der Waals surface area contributed by atoms with Crippen LogP contribution in [0.1, 0.15) is 11.1 Å². The summed E-state index contributed by atoms with van der Waals surface area (Å²) >= 11 is 3.08. The number of fused-ring (bicyclic) bond motifs is 1. The number of thioether (sulfide) groups is 1. The van der Waals surface area contributed by atoms with E-state index in [0.717, 1.165) is 26.7 Å². The number of aromatic nitrogens is 2. The summed E-state index contributed by atoms with van der Waals surface area (Å²) in [6.45, 7) is 0. The van der Waals surface area contributed by atoms with Gasteiger partial charge in [-0.25, -0.2) is 4.98 Å². The molecule has 6 heteroatoms. The zero-order valence-corrected chi connectivity index (χ0v) is 16.1. The van der Waals surface area contributed by atoms with Crippen LogP contribution in [-0.2, 0) is 11.2 Å². The van der Waals surface area contributed by atoms with Crippen molar-refractivity contribution in [2.75, 3.05) is 11.1 Å². The highest BCUT2D eigenvalue weighted by molar-refractivity contribution is 8.01. The number of hydrogen-bond acceptors (Lipinski definition) is 5. The molecule has 2 heterocycles. The van der Waals surface area contributed by atoms with Gasteiger partial charge in [0.2, 0.25) is 5.91 Å². The summed E-state index contributed by atoms with van der Waals surface area (Å²) in [4.78, 5) is 20.8. The van der Waals surface area contributed by atoms with Crippen molar-refractivity contribution in [2.45, 2.75) is 10.8 Å². The van der Waals surface area contributed by atoms with Crippen LogP contribution in [0.2, 0.25) is 0 Å². The minimum atomic E-state index is -0.0267. The standard InChI is InChI=1S/C21H17N3OS2/c25-20(14-26-21-24-18-3-1-2-4-19(18)27-21)23-17-7-5-15(6-8-17)13-16-9-11-22-12-10-16/h1-12H,13-14H2,(H,23,25). The summed E-state index contributed by atoms with van der Waals surface area (Å²) in [5.41, 5.74) is 4.20. The zero-order chi connectivity index (χ0) is 18.5. The van der Waals surface area contributed by atoms with Gasteiger partial charge in [0.25, 0.3) is 0 Å². The Labute approximate surface area is 165 Å². The molecule has 0 unspecified atom stereocenters. The first-order valence-electron chi connectivity index (χ1n) is 8.52. The van der Waals surface area contributed by atoms with Crippen molar-refractivity contribution in [3.8, 4) is 0 Å². The van der Waals surface area contributed by atoms with E-state index < -0.39 is 0 Å². The molecule has 4 rings (SSSR count). The highest BCUT2D eigenvalue weighted by atomic mass is 32.2. The van der Waals surface area contributed by atoms with E-state index in [9.17, 15) is 4.79 Å². The molecule has 4 nitrogen and oxygen atoms in total. The predicted octanol–water partition coefficient (Wildman–Crippen LogP) is 5.01. The Morgan fingerprint density at radius 1 is 0.963 bits per heavy atom. The van der Waals surface area contributed by atoms with Crippen molar-refractivity contribution in [1.29, 1.82) is 0 Å². The maximum atomic E-state index is 12.2. The number of carbonyl (C=O) groups is 1. The number of hydrogen-bond donors (Lipinski definition) is 1. The van der Waals surface area contributed by atoms with Crippen LogP contribution in [-0.4, -0.2) is 21.6 Å². The molecule has 1 N–H and O–H groups in total. The van der Waals surface area contributed by atoms with Crippen molar-refractivity contribution in [3.05, 3.63) is 84.2 Å². The van der Waals surface area contributed by atoms with Crippen molar-refractivity contribution < 1.29 is 4.79 Å². The third-order valence-electron chi connectivity index (χ3n) is 4.00. The molecule has 1 amide bonds. The first-order valence-corrected chi connectivity index (χ1v) is 10.3. The molecule has 0 aliphatic rings.